The van der Waals surface area contributed by atoms with Crippen molar-refractivity contribution < 1.29 is 14.3 Å². The van der Waals surface area contributed by atoms with Gasteiger partial charge in [0.15, 0.2) is 5.78 Å². The molecule has 0 bridgehead atoms. The zero-order chi connectivity index (χ0) is 20.2. The van der Waals surface area contributed by atoms with Gasteiger partial charge in [-0.25, -0.2) is 0 Å². The van der Waals surface area contributed by atoms with E-state index in [2.05, 4.69) is 16.7 Å². The van der Waals surface area contributed by atoms with E-state index in [1.165, 1.54) is 0 Å². The quantitative estimate of drug-likeness (QED) is 0.593. The van der Waals surface area contributed by atoms with Crippen molar-refractivity contribution in [2.75, 3.05) is 45.9 Å². The average molecular weight is 492 g/mol. The van der Waals surface area contributed by atoms with Gasteiger partial charge in [0.1, 0.15) is 6.10 Å². The molecule has 4 rings (SSSR count). The summed E-state index contributed by atoms with van der Waals surface area (Å²) in [6, 6.07) is 7.38. The number of benzene rings is 1. The predicted octanol–water partition coefficient (Wildman–Crippen LogP) is 4.32. The Morgan fingerprint density at radius 2 is 1.74 bits per heavy atom. The Labute approximate surface area is 202 Å². The van der Waals surface area contributed by atoms with Crippen LogP contribution >= 0.6 is 36.4 Å². The Morgan fingerprint density at radius 1 is 1.06 bits per heavy atom. The Bertz CT molecular complexity index is 736. The highest BCUT2D eigenvalue weighted by Crippen LogP contribution is 2.37. The Morgan fingerprint density at radius 3 is 2.42 bits per heavy atom. The lowest BCUT2D eigenvalue weighted by Gasteiger charge is -2.38. The largest absolute Gasteiger partial charge is 0.496 e. The summed E-state index contributed by atoms with van der Waals surface area (Å²) in [5.74, 6) is 0.128. The summed E-state index contributed by atoms with van der Waals surface area (Å²) in [6.45, 7) is 9.67. The number of nitrogens with zero attached hydrogens (tertiary/aromatic N) is 2. The molecule has 0 radical (unpaired) electrons. The number of ketones is 1. The number of likely N-dealkylation sites (N-methyl/N-ethyl adjacent to an activating group) is 1. The third-order valence-electron chi connectivity index (χ3n) is 6.53. The van der Waals surface area contributed by atoms with Crippen molar-refractivity contribution in [1.82, 2.24) is 9.80 Å². The Balaban J connectivity index is 0.00000171. The van der Waals surface area contributed by atoms with Crippen LogP contribution in [0.1, 0.15) is 31.7 Å². The van der Waals surface area contributed by atoms with Crippen LogP contribution in [-0.2, 0) is 14.3 Å². The van der Waals surface area contributed by atoms with Crippen molar-refractivity contribution >= 4 is 47.8 Å². The molecule has 1 saturated heterocycles. The molecule has 31 heavy (non-hydrogen) atoms. The number of piperazine rings is 1. The van der Waals surface area contributed by atoms with Gasteiger partial charge < -0.3 is 14.4 Å². The molecule has 1 aromatic rings. The van der Waals surface area contributed by atoms with Crippen LogP contribution in [0.5, 0.6) is 0 Å². The number of hydrogen-bond donors (Lipinski definition) is 0. The van der Waals surface area contributed by atoms with Gasteiger partial charge in [-0.3, -0.25) is 9.69 Å². The normalized spacial score (nSPS) is 26.7. The van der Waals surface area contributed by atoms with Gasteiger partial charge in [0, 0.05) is 44.2 Å². The summed E-state index contributed by atoms with van der Waals surface area (Å²) in [7, 11) is 0. The molecule has 0 N–H and O–H groups in total. The number of rotatable bonds is 6. The Kier molecular flexibility index (Phi) is 10.6. The van der Waals surface area contributed by atoms with Gasteiger partial charge in [0.05, 0.1) is 30.5 Å². The first kappa shape index (κ1) is 26.4. The fourth-order valence-electron chi connectivity index (χ4n) is 4.62. The second kappa shape index (κ2) is 12.4. The van der Waals surface area contributed by atoms with Crippen molar-refractivity contribution in [2.45, 2.75) is 38.4 Å². The number of allylic oxidation sites excluding steroid dienone is 1. The summed E-state index contributed by atoms with van der Waals surface area (Å²) in [6.07, 6.45) is 4.31. The third kappa shape index (κ3) is 6.59. The van der Waals surface area contributed by atoms with E-state index in [0.717, 1.165) is 70.7 Å². The Hall–Kier alpha value is -0.820. The van der Waals surface area contributed by atoms with Crippen molar-refractivity contribution in [3.63, 3.8) is 0 Å². The van der Waals surface area contributed by atoms with E-state index in [1.807, 2.05) is 24.3 Å². The van der Waals surface area contributed by atoms with Crippen LogP contribution < -0.4 is 0 Å². The molecule has 1 saturated carbocycles. The molecule has 1 aliphatic carbocycles. The number of halogens is 3. The third-order valence-corrected chi connectivity index (χ3v) is 6.79. The first-order valence-electron chi connectivity index (χ1n) is 10.9. The molecule has 8 heteroatoms. The molecule has 0 aromatic heterocycles. The second-order valence-electron chi connectivity index (χ2n) is 8.27. The molecule has 0 spiro atoms. The lowest BCUT2D eigenvalue weighted by Crippen LogP contribution is -2.47. The van der Waals surface area contributed by atoms with E-state index in [9.17, 15) is 4.79 Å². The molecular formula is C23H33Cl3N2O3. The minimum Gasteiger partial charge on any atom is -0.496 e. The van der Waals surface area contributed by atoms with Gasteiger partial charge in [-0.15, -0.1) is 24.8 Å². The first-order valence-corrected chi connectivity index (χ1v) is 11.2. The number of carbonyl (C=O) groups is 1. The van der Waals surface area contributed by atoms with Gasteiger partial charge in [-0.1, -0.05) is 30.7 Å². The molecule has 2 heterocycles. The highest BCUT2D eigenvalue weighted by Gasteiger charge is 2.40. The fraction of sp³-hybridized carbons (Fsp3) is 0.609. The minimum atomic E-state index is -0.0644. The van der Waals surface area contributed by atoms with E-state index >= 15 is 0 Å². The van der Waals surface area contributed by atoms with Crippen molar-refractivity contribution in [3.8, 4) is 0 Å². The van der Waals surface area contributed by atoms with E-state index in [1.54, 1.807) is 6.26 Å². The van der Waals surface area contributed by atoms with E-state index in [4.69, 9.17) is 21.1 Å². The lowest BCUT2D eigenvalue weighted by atomic mass is 9.78. The standard InChI is InChI=1S/C23H31ClN2O3.2ClH/c1-2-25-9-11-26(12-10-25)13-14-28-19-7-8-20-22(15-19)29-16-21(23(20)27)17-3-5-18(24)6-4-17;;/h3-6,16,19-20,22H,2,7-15H2,1H3;2*1H. The van der Waals surface area contributed by atoms with Crippen LogP contribution in [0.4, 0.5) is 0 Å². The van der Waals surface area contributed by atoms with Gasteiger partial charge in [0.2, 0.25) is 0 Å². The van der Waals surface area contributed by atoms with Crippen LogP contribution in [0.15, 0.2) is 30.5 Å². The second-order valence-corrected chi connectivity index (χ2v) is 8.70. The molecule has 3 atom stereocenters. The van der Waals surface area contributed by atoms with Crippen LogP contribution in [0.25, 0.3) is 5.57 Å². The van der Waals surface area contributed by atoms with Crippen LogP contribution in [0, 0.1) is 5.92 Å². The molecule has 5 nitrogen and oxygen atoms in total. The van der Waals surface area contributed by atoms with Crippen LogP contribution in [-0.4, -0.2) is 73.7 Å². The maximum Gasteiger partial charge on any atom is 0.173 e. The number of Topliss-reactive ketones (excluding diaryl/α,β-unsaturated/α-hetero) is 1. The summed E-state index contributed by atoms with van der Waals surface area (Å²) < 4.78 is 12.2. The predicted molar refractivity (Wildman–Crippen MR) is 129 cm³/mol. The van der Waals surface area contributed by atoms with E-state index < -0.39 is 0 Å². The highest BCUT2D eigenvalue weighted by atomic mass is 35.5. The molecule has 3 aliphatic rings. The minimum absolute atomic E-state index is 0. The van der Waals surface area contributed by atoms with Crippen molar-refractivity contribution in [3.05, 3.63) is 41.1 Å². The van der Waals surface area contributed by atoms with Crippen LogP contribution in [0.2, 0.25) is 5.02 Å². The number of hydrogen-bond acceptors (Lipinski definition) is 5. The SMILES string of the molecule is CCN1CCN(CCOC2CCC3C(=O)C(c4ccc(Cl)cc4)=COC3C2)CC1.Cl.Cl. The molecular weight excluding hydrogens is 459 g/mol. The molecule has 0 amide bonds. The highest BCUT2D eigenvalue weighted by molar-refractivity contribution is 6.30. The van der Waals surface area contributed by atoms with Crippen molar-refractivity contribution in [1.29, 1.82) is 0 Å². The monoisotopic (exact) mass is 490 g/mol. The van der Waals surface area contributed by atoms with Gasteiger partial charge in [-0.2, -0.15) is 0 Å². The van der Waals surface area contributed by atoms with Crippen molar-refractivity contribution in [2.24, 2.45) is 5.92 Å². The molecule has 1 aromatic carbocycles. The number of fused-ring (bicyclic) bond motifs is 1. The van der Waals surface area contributed by atoms with E-state index in [-0.39, 0.29) is 48.7 Å². The van der Waals surface area contributed by atoms with E-state index in [0.29, 0.717) is 10.6 Å². The maximum atomic E-state index is 13.0. The summed E-state index contributed by atoms with van der Waals surface area (Å²) >= 11 is 5.96. The smallest absolute Gasteiger partial charge is 0.173 e. The number of carbonyl (C=O) groups excluding carboxylic acids is 1. The van der Waals surface area contributed by atoms with Gasteiger partial charge in [-0.05, 0) is 37.1 Å². The zero-order valence-electron chi connectivity index (χ0n) is 18.0. The zero-order valence-corrected chi connectivity index (χ0v) is 20.4. The van der Waals surface area contributed by atoms with Gasteiger partial charge >= 0.3 is 0 Å². The summed E-state index contributed by atoms with van der Waals surface area (Å²) in [5, 5.41) is 0.668. The number of ether oxygens (including phenoxy) is 2. The first-order chi connectivity index (χ1) is 14.1. The molecule has 174 valence electrons. The summed E-state index contributed by atoms with van der Waals surface area (Å²) in [4.78, 5) is 18.0. The molecule has 2 fully saturated rings. The fourth-order valence-corrected chi connectivity index (χ4v) is 4.75. The molecule has 3 unspecified atom stereocenters. The average Bonchev–Trinajstić information content (AvgIpc) is 2.75. The molecule has 2 aliphatic heterocycles. The summed E-state index contributed by atoms with van der Waals surface area (Å²) in [5.41, 5.74) is 1.54. The lowest BCUT2D eigenvalue weighted by molar-refractivity contribution is -0.128. The van der Waals surface area contributed by atoms with Crippen LogP contribution in [0.3, 0.4) is 0 Å². The topological polar surface area (TPSA) is 42.0 Å². The van der Waals surface area contributed by atoms with Gasteiger partial charge in [0.25, 0.3) is 0 Å². The maximum absolute atomic E-state index is 13.0.